The number of carbonyl (C=O) groups is 1. The van der Waals surface area contributed by atoms with Crippen LogP contribution in [0.4, 0.5) is 0 Å². The van der Waals surface area contributed by atoms with Crippen LogP contribution in [0.3, 0.4) is 0 Å². The predicted octanol–water partition coefficient (Wildman–Crippen LogP) is 2.82. The van der Waals surface area contributed by atoms with Crippen molar-refractivity contribution in [1.82, 2.24) is 0 Å². The van der Waals surface area contributed by atoms with Crippen LogP contribution in [-0.2, 0) is 4.79 Å². The number of carboxylic acids is 1. The number of aliphatic carboxylic acids is 1. The van der Waals surface area contributed by atoms with E-state index < -0.39 is 17.0 Å². The molecule has 0 spiro atoms. The minimum atomic E-state index is -1.06. The van der Waals surface area contributed by atoms with Crippen LogP contribution in [0, 0.1) is 10.8 Å². The van der Waals surface area contributed by atoms with Gasteiger partial charge in [0.2, 0.25) is 0 Å². The van der Waals surface area contributed by atoms with E-state index in [-0.39, 0.29) is 5.41 Å². The molecule has 3 nitrogen and oxygen atoms in total. The Labute approximate surface area is 97.9 Å². The largest absolute Gasteiger partial charge is 0.481 e. The lowest BCUT2D eigenvalue weighted by atomic mass is 9.59. The molecule has 1 aliphatic carbocycles. The monoisotopic (exact) mass is 228 g/mol. The molecular weight excluding hydrogens is 204 g/mol. The molecular formula is C13H24O3. The summed E-state index contributed by atoms with van der Waals surface area (Å²) >= 11 is 0. The summed E-state index contributed by atoms with van der Waals surface area (Å²) in [5.41, 5.74) is -2.04. The average Bonchev–Trinajstić information content (AvgIpc) is 2.13. The van der Waals surface area contributed by atoms with Crippen LogP contribution >= 0.6 is 0 Å². The molecule has 0 heterocycles. The molecule has 1 aliphatic rings. The zero-order valence-electron chi connectivity index (χ0n) is 10.8. The highest BCUT2D eigenvalue weighted by Gasteiger charge is 2.54. The Hall–Kier alpha value is -0.570. The van der Waals surface area contributed by atoms with Crippen molar-refractivity contribution in [1.29, 1.82) is 0 Å². The van der Waals surface area contributed by atoms with Gasteiger partial charge < -0.3 is 10.2 Å². The summed E-state index contributed by atoms with van der Waals surface area (Å²) in [4.78, 5) is 11.4. The maximum atomic E-state index is 11.4. The summed E-state index contributed by atoms with van der Waals surface area (Å²) < 4.78 is 0. The van der Waals surface area contributed by atoms with Gasteiger partial charge in [0, 0.05) is 0 Å². The van der Waals surface area contributed by atoms with Gasteiger partial charge in [-0.25, -0.2) is 0 Å². The van der Waals surface area contributed by atoms with E-state index in [1.165, 1.54) is 0 Å². The third-order valence-electron chi connectivity index (χ3n) is 4.42. The molecule has 1 fully saturated rings. The van der Waals surface area contributed by atoms with Crippen LogP contribution in [0.25, 0.3) is 0 Å². The molecule has 0 aromatic rings. The van der Waals surface area contributed by atoms with Crippen molar-refractivity contribution in [3.63, 3.8) is 0 Å². The minimum Gasteiger partial charge on any atom is -0.481 e. The summed E-state index contributed by atoms with van der Waals surface area (Å²) in [5, 5.41) is 20.1. The first-order chi connectivity index (χ1) is 7.17. The highest BCUT2D eigenvalue weighted by atomic mass is 16.4. The third-order valence-corrected chi connectivity index (χ3v) is 4.42. The summed E-state index contributed by atoms with van der Waals surface area (Å²) in [6.45, 7) is 7.73. The summed E-state index contributed by atoms with van der Waals surface area (Å²) in [6, 6.07) is 0. The molecule has 0 amide bonds. The van der Waals surface area contributed by atoms with Crippen LogP contribution in [0.2, 0.25) is 0 Å². The second kappa shape index (κ2) is 4.02. The number of carboxylic acid groups (broad SMARTS) is 1. The van der Waals surface area contributed by atoms with Gasteiger partial charge in [0.1, 0.15) is 0 Å². The van der Waals surface area contributed by atoms with Crippen LogP contribution in [0.5, 0.6) is 0 Å². The molecule has 0 bridgehead atoms. The van der Waals surface area contributed by atoms with Gasteiger partial charge in [-0.2, -0.15) is 0 Å². The van der Waals surface area contributed by atoms with E-state index in [9.17, 15) is 15.0 Å². The Morgan fingerprint density at radius 1 is 1.38 bits per heavy atom. The Kier molecular flexibility index (Phi) is 3.39. The Morgan fingerprint density at radius 2 is 1.94 bits per heavy atom. The van der Waals surface area contributed by atoms with E-state index in [0.717, 1.165) is 12.8 Å². The lowest BCUT2D eigenvalue weighted by Crippen LogP contribution is -2.55. The van der Waals surface area contributed by atoms with Gasteiger partial charge in [0.25, 0.3) is 0 Å². The summed E-state index contributed by atoms with van der Waals surface area (Å²) in [5.74, 6) is -0.879. The summed E-state index contributed by atoms with van der Waals surface area (Å²) in [6.07, 6.45) is 3.62. The fraction of sp³-hybridized carbons (Fsp3) is 0.923. The quantitative estimate of drug-likeness (QED) is 0.781. The van der Waals surface area contributed by atoms with Gasteiger partial charge in [-0.05, 0) is 38.0 Å². The zero-order chi connectivity index (χ0) is 12.6. The van der Waals surface area contributed by atoms with E-state index in [1.54, 1.807) is 6.92 Å². The van der Waals surface area contributed by atoms with Crippen molar-refractivity contribution in [2.45, 2.75) is 65.4 Å². The topological polar surface area (TPSA) is 57.5 Å². The van der Waals surface area contributed by atoms with E-state index in [1.807, 2.05) is 6.92 Å². The Balaban J connectivity index is 3.03. The molecule has 1 saturated carbocycles. The second-order valence-electron chi connectivity index (χ2n) is 6.22. The molecule has 2 N–H and O–H groups in total. The fourth-order valence-corrected chi connectivity index (χ4v) is 2.98. The first-order valence-corrected chi connectivity index (χ1v) is 6.13. The van der Waals surface area contributed by atoms with Crippen molar-refractivity contribution in [3.05, 3.63) is 0 Å². The molecule has 0 radical (unpaired) electrons. The van der Waals surface area contributed by atoms with Crippen molar-refractivity contribution < 1.29 is 15.0 Å². The maximum absolute atomic E-state index is 11.4. The van der Waals surface area contributed by atoms with Crippen LogP contribution < -0.4 is 0 Å². The zero-order valence-corrected chi connectivity index (χ0v) is 10.8. The van der Waals surface area contributed by atoms with Gasteiger partial charge in [-0.3, -0.25) is 4.79 Å². The lowest BCUT2D eigenvalue weighted by molar-refractivity contribution is -0.179. The lowest BCUT2D eigenvalue weighted by Gasteiger charge is -2.49. The number of aliphatic hydroxyl groups is 1. The average molecular weight is 228 g/mol. The molecule has 0 aliphatic heterocycles. The van der Waals surface area contributed by atoms with Crippen molar-refractivity contribution in [2.75, 3.05) is 0 Å². The SMILES string of the molecule is CCC(C)(C(=O)O)C1(O)CCCC(C)(C)C1. The Bertz CT molecular complexity index is 285. The predicted molar refractivity (Wildman–Crippen MR) is 63.2 cm³/mol. The van der Waals surface area contributed by atoms with E-state index in [2.05, 4.69) is 13.8 Å². The number of rotatable bonds is 3. The maximum Gasteiger partial charge on any atom is 0.312 e. The van der Waals surface area contributed by atoms with E-state index >= 15 is 0 Å². The van der Waals surface area contributed by atoms with Gasteiger partial charge in [-0.15, -0.1) is 0 Å². The highest BCUT2D eigenvalue weighted by molar-refractivity contribution is 5.75. The van der Waals surface area contributed by atoms with Gasteiger partial charge in [-0.1, -0.05) is 27.2 Å². The van der Waals surface area contributed by atoms with E-state index in [0.29, 0.717) is 19.3 Å². The van der Waals surface area contributed by atoms with Crippen LogP contribution in [-0.4, -0.2) is 21.8 Å². The van der Waals surface area contributed by atoms with Crippen molar-refractivity contribution in [3.8, 4) is 0 Å². The first kappa shape index (κ1) is 13.5. The second-order valence-corrected chi connectivity index (χ2v) is 6.22. The first-order valence-electron chi connectivity index (χ1n) is 6.13. The molecule has 16 heavy (non-hydrogen) atoms. The Morgan fingerprint density at radius 3 is 2.31 bits per heavy atom. The normalized spacial score (nSPS) is 33.1. The van der Waals surface area contributed by atoms with Crippen molar-refractivity contribution in [2.24, 2.45) is 10.8 Å². The van der Waals surface area contributed by atoms with Crippen molar-refractivity contribution >= 4 is 5.97 Å². The number of hydrogen-bond donors (Lipinski definition) is 2. The smallest absolute Gasteiger partial charge is 0.312 e. The van der Waals surface area contributed by atoms with E-state index in [4.69, 9.17) is 0 Å². The molecule has 1 rings (SSSR count). The highest BCUT2D eigenvalue weighted by Crippen LogP contribution is 2.50. The number of hydrogen-bond acceptors (Lipinski definition) is 2. The third kappa shape index (κ3) is 2.10. The molecule has 94 valence electrons. The minimum absolute atomic E-state index is 0.0406. The van der Waals surface area contributed by atoms with Gasteiger partial charge in [0.05, 0.1) is 11.0 Å². The standard InChI is InChI=1S/C13H24O3/c1-5-12(4,10(14)15)13(16)8-6-7-11(2,3)9-13/h16H,5-9H2,1-4H3,(H,14,15). The molecule has 0 aromatic carbocycles. The molecule has 0 saturated heterocycles. The molecule has 2 unspecified atom stereocenters. The van der Waals surface area contributed by atoms with Crippen LogP contribution in [0.15, 0.2) is 0 Å². The molecule has 2 atom stereocenters. The van der Waals surface area contributed by atoms with Crippen LogP contribution in [0.1, 0.15) is 59.8 Å². The molecule has 3 heteroatoms. The van der Waals surface area contributed by atoms with Gasteiger partial charge >= 0.3 is 5.97 Å². The van der Waals surface area contributed by atoms with Gasteiger partial charge in [0.15, 0.2) is 0 Å². The molecule has 0 aromatic heterocycles. The summed E-state index contributed by atoms with van der Waals surface area (Å²) in [7, 11) is 0. The fourth-order valence-electron chi connectivity index (χ4n) is 2.98.